The molecule has 0 saturated heterocycles. The molecule has 0 aliphatic rings. The molecule has 3 rings (SSSR count). The zero-order chi connectivity index (χ0) is 17.1. The van der Waals surface area contributed by atoms with Crippen molar-refractivity contribution in [2.24, 2.45) is 0 Å². The van der Waals surface area contributed by atoms with Crippen LogP contribution in [0.5, 0.6) is 5.75 Å². The maximum absolute atomic E-state index is 12.1. The molecule has 3 aromatic rings. The predicted molar refractivity (Wildman–Crippen MR) is 95.0 cm³/mol. The molecule has 1 aromatic heterocycles. The van der Waals surface area contributed by atoms with Gasteiger partial charge in [-0.3, -0.25) is 9.59 Å². The third-order valence-corrected chi connectivity index (χ3v) is 3.64. The van der Waals surface area contributed by atoms with Gasteiger partial charge in [-0.1, -0.05) is 12.1 Å². The SMILES string of the molecule is CCOc1ccc(NC(C)=O)cc1-n1ccc(=O)c2ccccc21. The van der Waals surface area contributed by atoms with Crippen molar-refractivity contribution in [2.75, 3.05) is 11.9 Å². The first kappa shape index (κ1) is 15.8. The molecule has 0 spiro atoms. The van der Waals surface area contributed by atoms with Crippen LogP contribution < -0.4 is 15.5 Å². The zero-order valence-corrected chi connectivity index (χ0v) is 13.6. The van der Waals surface area contributed by atoms with Crippen LogP contribution >= 0.6 is 0 Å². The Morgan fingerprint density at radius 3 is 2.71 bits per heavy atom. The number of para-hydroxylation sites is 1. The molecule has 2 aromatic carbocycles. The number of ether oxygens (including phenoxy) is 1. The lowest BCUT2D eigenvalue weighted by Crippen LogP contribution is -2.10. The largest absolute Gasteiger partial charge is 0.492 e. The van der Waals surface area contributed by atoms with Crippen LogP contribution in [0.3, 0.4) is 0 Å². The topological polar surface area (TPSA) is 60.3 Å². The number of fused-ring (bicyclic) bond motifs is 1. The number of carbonyl (C=O) groups is 1. The summed E-state index contributed by atoms with van der Waals surface area (Å²) >= 11 is 0. The van der Waals surface area contributed by atoms with Gasteiger partial charge in [0.15, 0.2) is 5.43 Å². The van der Waals surface area contributed by atoms with Gasteiger partial charge in [0.1, 0.15) is 5.75 Å². The molecule has 0 aliphatic carbocycles. The van der Waals surface area contributed by atoms with Crippen LogP contribution in [-0.2, 0) is 4.79 Å². The van der Waals surface area contributed by atoms with E-state index in [-0.39, 0.29) is 11.3 Å². The number of pyridine rings is 1. The van der Waals surface area contributed by atoms with E-state index in [1.54, 1.807) is 18.3 Å². The number of hydrogen-bond donors (Lipinski definition) is 1. The Morgan fingerprint density at radius 2 is 1.96 bits per heavy atom. The first-order chi connectivity index (χ1) is 11.6. The van der Waals surface area contributed by atoms with Crippen LogP contribution in [-0.4, -0.2) is 17.1 Å². The molecule has 5 nitrogen and oxygen atoms in total. The minimum absolute atomic E-state index is 0.0298. The van der Waals surface area contributed by atoms with E-state index in [1.165, 1.54) is 13.0 Å². The van der Waals surface area contributed by atoms with Crippen LogP contribution in [0.25, 0.3) is 16.6 Å². The fourth-order valence-corrected chi connectivity index (χ4v) is 2.68. The molecule has 1 amide bonds. The Kier molecular flexibility index (Phi) is 4.33. The second kappa shape index (κ2) is 6.58. The second-order valence-electron chi connectivity index (χ2n) is 5.36. The number of rotatable bonds is 4. The van der Waals surface area contributed by atoms with Crippen molar-refractivity contribution in [1.82, 2.24) is 4.57 Å². The molecule has 0 atom stereocenters. The van der Waals surface area contributed by atoms with Crippen molar-refractivity contribution in [3.63, 3.8) is 0 Å². The number of carbonyl (C=O) groups excluding carboxylic acids is 1. The number of nitrogens with zero attached hydrogens (tertiary/aromatic N) is 1. The molecule has 0 unspecified atom stereocenters. The number of amides is 1. The van der Waals surface area contributed by atoms with E-state index < -0.39 is 0 Å². The highest BCUT2D eigenvalue weighted by Crippen LogP contribution is 2.29. The molecule has 0 radical (unpaired) electrons. The average molecular weight is 322 g/mol. The number of anilines is 1. The molecule has 0 aliphatic heterocycles. The van der Waals surface area contributed by atoms with Gasteiger partial charge >= 0.3 is 0 Å². The summed E-state index contributed by atoms with van der Waals surface area (Å²) in [6, 6.07) is 14.4. The molecule has 0 fully saturated rings. The summed E-state index contributed by atoms with van der Waals surface area (Å²) in [7, 11) is 0. The number of nitrogens with one attached hydrogen (secondary N) is 1. The Morgan fingerprint density at radius 1 is 1.17 bits per heavy atom. The van der Waals surface area contributed by atoms with Gasteiger partial charge in [0.2, 0.25) is 5.91 Å². The quantitative estimate of drug-likeness (QED) is 0.801. The molecular weight excluding hydrogens is 304 g/mol. The third kappa shape index (κ3) is 3.01. The van der Waals surface area contributed by atoms with Crippen LogP contribution in [0.1, 0.15) is 13.8 Å². The summed E-state index contributed by atoms with van der Waals surface area (Å²) in [5.74, 6) is 0.537. The molecule has 0 saturated carbocycles. The highest BCUT2D eigenvalue weighted by atomic mass is 16.5. The van der Waals surface area contributed by atoms with Gasteiger partial charge < -0.3 is 14.6 Å². The van der Waals surface area contributed by atoms with E-state index >= 15 is 0 Å². The summed E-state index contributed by atoms with van der Waals surface area (Å²) in [4.78, 5) is 23.4. The first-order valence-corrected chi connectivity index (χ1v) is 7.75. The molecule has 1 N–H and O–H groups in total. The number of aromatic nitrogens is 1. The second-order valence-corrected chi connectivity index (χ2v) is 5.36. The standard InChI is InChI=1S/C19H18N2O3/c1-3-24-19-9-8-14(20-13(2)22)12-17(19)21-11-10-18(23)15-6-4-5-7-16(15)21/h4-12H,3H2,1-2H3,(H,20,22). The van der Waals surface area contributed by atoms with Gasteiger partial charge in [0, 0.05) is 30.3 Å². The Labute approximate surface area is 139 Å². The van der Waals surface area contributed by atoms with E-state index in [2.05, 4.69) is 5.32 Å². The lowest BCUT2D eigenvalue weighted by molar-refractivity contribution is -0.114. The van der Waals surface area contributed by atoms with Gasteiger partial charge in [-0.2, -0.15) is 0 Å². The minimum atomic E-state index is -0.144. The van der Waals surface area contributed by atoms with Gasteiger partial charge in [0.25, 0.3) is 0 Å². The molecular formula is C19H18N2O3. The molecule has 24 heavy (non-hydrogen) atoms. The van der Waals surface area contributed by atoms with Crippen molar-refractivity contribution < 1.29 is 9.53 Å². The monoisotopic (exact) mass is 322 g/mol. The van der Waals surface area contributed by atoms with Crippen LogP contribution in [0.2, 0.25) is 0 Å². The van der Waals surface area contributed by atoms with Crippen molar-refractivity contribution in [3.05, 3.63) is 65.0 Å². The molecule has 5 heteroatoms. The van der Waals surface area contributed by atoms with Crippen molar-refractivity contribution in [3.8, 4) is 11.4 Å². The Hall–Kier alpha value is -3.08. The molecule has 1 heterocycles. The zero-order valence-electron chi connectivity index (χ0n) is 13.6. The van der Waals surface area contributed by atoms with Crippen molar-refractivity contribution in [1.29, 1.82) is 0 Å². The van der Waals surface area contributed by atoms with Crippen LogP contribution in [0.4, 0.5) is 5.69 Å². The molecule has 122 valence electrons. The maximum atomic E-state index is 12.1. The lowest BCUT2D eigenvalue weighted by atomic mass is 10.2. The summed E-state index contributed by atoms with van der Waals surface area (Å²) < 4.78 is 7.61. The van der Waals surface area contributed by atoms with E-state index in [1.807, 2.05) is 41.8 Å². The molecule has 0 bridgehead atoms. The van der Waals surface area contributed by atoms with E-state index in [0.29, 0.717) is 23.4 Å². The van der Waals surface area contributed by atoms with Crippen molar-refractivity contribution in [2.45, 2.75) is 13.8 Å². The summed E-state index contributed by atoms with van der Waals surface area (Å²) in [5.41, 5.74) is 2.19. The third-order valence-electron chi connectivity index (χ3n) is 3.64. The van der Waals surface area contributed by atoms with E-state index in [4.69, 9.17) is 4.74 Å². The average Bonchev–Trinajstić information content (AvgIpc) is 2.57. The fourth-order valence-electron chi connectivity index (χ4n) is 2.68. The predicted octanol–water partition coefficient (Wildman–Crippen LogP) is 3.35. The Balaban J connectivity index is 2.25. The first-order valence-electron chi connectivity index (χ1n) is 7.75. The van der Waals surface area contributed by atoms with Gasteiger partial charge in [-0.05, 0) is 37.3 Å². The van der Waals surface area contributed by atoms with Gasteiger partial charge in [-0.25, -0.2) is 0 Å². The Bertz CT molecular complexity index is 960. The van der Waals surface area contributed by atoms with Crippen LogP contribution in [0.15, 0.2) is 59.5 Å². The maximum Gasteiger partial charge on any atom is 0.221 e. The minimum Gasteiger partial charge on any atom is -0.492 e. The van der Waals surface area contributed by atoms with Crippen molar-refractivity contribution >= 4 is 22.5 Å². The fraction of sp³-hybridized carbons (Fsp3) is 0.158. The summed E-state index contributed by atoms with van der Waals surface area (Å²) in [6.45, 7) is 3.89. The van der Waals surface area contributed by atoms with E-state index in [9.17, 15) is 9.59 Å². The highest BCUT2D eigenvalue weighted by Gasteiger charge is 2.11. The number of benzene rings is 2. The number of hydrogen-bond acceptors (Lipinski definition) is 3. The lowest BCUT2D eigenvalue weighted by Gasteiger charge is -2.16. The van der Waals surface area contributed by atoms with Gasteiger partial charge in [0.05, 0.1) is 17.8 Å². The van der Waals surface area contributed by atoms with Gasteiger partial charge in [-0.15, -0.1) is 0 Å². The van der Waals surface area contributed by atoms with E-state index in [0.717, 1.165) is 11.2 Å². The summed E-state index contributed by atoms with van der Waals surface area (Å²) in [6.07, 6.45) is 1.72. The van der Waals surface area contributed by atoms with Crippen LogP contribution in [0, 0.1) is 0 Å². The smallest absolute Gasteiger partial charge is 0.221 e. The highest BCUT2D eigenvalue weighted by molar-refractivity contribution is 5.89. The normalized spacial score (nSPS) is 10.6. The summed E-state index contributed by atoms with van der Waals surface area (Å²) in [5, 5.41) is 3.41.